The van der Waals surface area contributed by atoms with Gasteiger partial charge < -0.3 is 13.8 Å². The van der Waals surface area contributed by atoms with Crippen LogP contribution in [0.5, 0.6) is 0 Å². The molecule has 0 aliphatic rings. The van der Waals surface area contributed by atoms with Crippen LogP contribution in [0.25, 0.3) is 43.8 Å². The van der Waals surface area contributed by atoms with E-state index in [1.807, 2.05) is 0 Å². The Labute approximate surface area is 315 Å². The fraction of sp³-hybridized carbons (Fsp3) is 0.191. The maximum Gasteiger partial charge on any atom is 4.00 e. The second kappa shape index (κ2) is 17.9. The van der Waals surface area contributed by atoms with E-state index in [-0.39, 0.29) is 25.8 Å². The summed E-state index contributed by atoms with van der Waals surface area (Å²) in [5.74, 6) is 0. The SMILES string of the molecule is Cc1[cH-]c2cccc(-c3ccccc3)c2c1[Si](C)(c1ccccc1)c1c(C)[cH-]c2cccc(-c3ccccc3)c12.[CH2-]CCC.[CH2-]CCC.[Hf+4]. The van der Waals surface area contributed by atoms with Gasteiger partial charge in [-0.25, -0.2) is 0 Å². The summed E-state index contributed by atoms with van der Waals surface area (Å²) in [5.41, 5.74) is 7.99. The molecule has 0 bridgehead atoms. The molecule has 0 amide bonds. The molecule has 7 rings (SSSR count). The van der Waals surface area contributed by atoms with Gasteiger partial charge in [-0.05, 0) is 11.1 Å². The molecule has 0 saturated carbocycles. The van der Waals surface area contributed by atoms with Gasteiger partial charge in [-0.3, -0.25) is 0 Å². The molecule has 0 atom stereocenters. The van der Waals surface area contributed by atoms with Crippen LogP contribution in [0.3, 0.4) is 0 Å². The maximum absolute atomic E-state index is 3.60. The van der Waals surface area contributed by atoms with E-state index < -0.39 is 8.07 Å². The van der Waals surface area contributed by atoms with E-state index in [4.69, 9.17) is 0 Å². The fourth-order valence-corrected chi connectivity index (χ4v) is 12.1. The Morgan fingerprint density at radius 1 is 0.510 bits per heavy atom. The Hall–Kier alpha value is -3.59. The first-order valence-electron chi connectivity index (χ1n) is 17.5. The van der Waals surface area contributed by atoms with Crippen molar-refractivity contribution in [3.8, 4) is 22.3 Å². The summed E-state index contributed by atoms with van der Waals surface area (Å²) in [6.45, 7) is 18.7. The van der Waals surface area contributed by atoms with Crippen molar-refractivity contribution in [3.63, 3.8) is 0 Å². The summed E-state index contributed by atoms with van der Waals surface area (Å²) < 4.78 is 0. The third kappa shape index (κ3) is 7.92. The molecule has 0 aliphatic carbocycles. The molecular formula is C47H50HfSi. The molecule has 0 N–H and O–H groups in total. The largest absolute Gasteiger partial charge is 4.00 e. The Bertz CT molecular complexity index is 1900. The first kappa shape index (κ1) is 38.2. The van der Waals surface area contributed by atoms with Gasteiger partial charge in [0.05, 0.1) is 0 Å². The van der Waals surface area contributed by atoms with E-state index in [1.54, 1.807) is 0 Å². The molecule has 0 radical (unpaired) electrons. The summed E-state index contributed by atoms with van der Waals surface area (Å²) in [5, 5.41) is 10.0. The fourth-order valence-electron chi connectivity index (χ4n) is 7.13. The molecule has 0 aromatic heterocycles. The molecule has 0 nitrogen and oxygen atoms in total. The third-order valence-electron chi connectivity index (χ3n) is 9.45. The van der Waals surface area contributed by atoms with Crippen LogP contribution in [0.15, 0.2) is 140 Å². The van der Waals surface area contributed by atoms with Crippen molar-refractivity contribution in [1.82, 2.24) is 0 Å². The van der Waals surface area contributed by atoms with Gasteiger partial charge in [0.15, 0.2) is 0 Å². The van der Waals surface area contributed by atoms with Gasteiger partial charge in [0.2, 0.25) is 0 Å². The quantitative estimate of drug-likeness (QED) is 0.111. The van der Waals surface area contributed by atoms with Crippen LogP contribution in [0.2, 0.25) is 6.55 Å². The average Bonchev–Trinajstić information content (AvgIpc) is 3.68. The molecule has 7 aromatic rings. The summed E-state index contributed by atoms with van der Waals surface area (Å²) in [6, 6.07) is 51.6. The minimum absolute atomic E-state index is 0. The monoisotopic (exact) mass is 822 g/mol. The second-order valence-corrected chi connectivity index (χ2v) is 16.7. The summed E-state index contributed by atoms with van der Waals surface area (Å²) >= 11 is 0. The summed E-state index contributed by atoms with van der Waals surface area (Å²) in [7, 11) is -2.52. The van der Waals surface area contributed by atoms with E-state index in [1.165, 1.54) is 83.3 Å². The molecule has 0 unspecified atom stereocenters. The smallest absolute Gasteiger partial charge is 0.343 e. The van der Waals surface area contributed by atoms with Crippen molar-refractivity contribution in [2.24, 2.45) is 0 Å². The van der Waals surface area contributed by atoms with Gasteiger partial charge >= 0.3 is 25.8 Å². The van der Waals surface area contributed by atoms with Crippen molar-refractivity contribution in [2.45, 2.75) is 59.9 Å². The van der Waals surface area contributed by atoms with Gasteiger partial charge in [0.25, 0.3) is 0 Å². The number of hydrogen-bond donors (Lipinski definition) is 0. The van der Waals surface area contributed by atoms with Gasteiger partial charge in [-0.2, -0.15) is 23.2 Å². The number of unbranched alkanes of at least 4 members (excludes halogenated alkanes) is 2. The molecule has 0 fully saturated rings. The number of rotatable bonds is 7. The Morgan fingerprint density at radius 3 is 1.20 bits per heavy atom. The van der Waals surface area contributed by atoms with E-state index in [9.17, 15) is 0 Å². The summed E-state index contributed by atoms with van der Waals surface area (Å²) in [4.78, 5) is 0. The predicted molar refractivity (Wildman–Crippen MR) is 217 cm³/mol. The molecule has 49 heavy (non-hydrogen) atoms. The van der Waals surface area contributed by atoms with Crippen LogP contribution < -0.4 is 15.6 Å². The Balaban J connectivity index is 0.000000545. The van der Waals surface area contributed by atoms with Gasteiger partial charge in [-0.1, -0.05) is 167 Å². The normalized spacial score (nSPS) is 10.9. The first-order valence-corrected chi connectivity index (χ1v) is 20.0. The van der Waals surface area contributed by atoms with Crippen LogP contribution in [0.1, 0.15) is 50.7 Å². The molecular weight excluding hydrogens is 771 g/mol. The number of aryl methyl sites for hydroxylation is 2. The topological polar surface area (TPSA) is 0 Å². The maximum atomic E-state index is 3.60. The van der Waals surface area contributed by atoms with Crippen LogP contribution in [-0.4, -0.2) is 8.07 Å². The molecule has 0 heterocycles. The Morgan fingerprint density at radius 2 is 0.857 bits per heavy atom. The number of fused-ring (bicyclic) bond motifs is 2. The molecule has 0 saturated heterocycles. The van der Waals surface area contributed by atoms with E-state index in [0.29, 0.717) is 0 Å². The molecule has 2 heteroatoms. The molecule has 7 aromatic carbocycles. The van der Waals surface area contributed by atoms with Crippen LogP contribution >= 0.6 is 0 Å². The van der Waals surface area contributed by atoms with Crippen molar-refractivity contribution in [3.05, 3.63) is 165 Å². The first-order chi connectivity index (χ1) is 23.4. The van der Waals surface area contributed by atoms with Crippen molar-refractivity contribution >= 4 is 45.2 Å². The zero-order valence-corrected chi connectivity index (χ0v) is 34.6. The molecule has 246 valence electrons. The number of benzene rings is 5. The van der Waals surface area contributed by atoms with E-state index >= 15 is 0 Å². The molecule has 0 spiro atoms. The third-order valence-corrected chi connectivity index (χ3v) is 14.2. The van der Waals surface area contributed by atoms with Crippen molar-refractivity contribution in [1.29, 1.82) is 0 Å². The van der Waals surface area contributed by atoms with Crippen molar-refractivity contribution in [2.75, 3.05) is 0 Å². The Kier molecular flexibility index (Phi) is 13.9. The van der Waals surface area contributed by atoms with E-state index in [0.717, 1.165) is 12.8 Å². The van der Waals surface area contributed by atoms with Crippen molar-refractivity contribution < 1.29 is 25.8 Å². The summed E-state index contributed by atoms with van der Waals surface area (Å²) in [6.07, 6.45) is 4.56. The van der Waals surface area contributed by atoms with E-state index in [2.05, 4.69) is 188 Å². The molecule has 0 aliphatic heterocycles. The zero-order valence-electron chi connectivity index (χ0n) is 30.0. The minimum Gasteiger partial charge on any atom is -0.343 e. The predicted octanol–water partition coefficient (Wildman–Crippen LogP) is 11.7. The van der Waals surface area contributed by atoms with Crippen LogP contribution in [-0.2, 0) is 25.8 Å². The second-order valence-electron chi connectivity index (χ2n) is 12.9. The standard InChI is InChI=1S/C39H32Si.2C4H9.Hf/c1-27-25-31-19-13-23-34(29-15-7-4-8-16-29)36(31)38(27)40(3,33-21-11-6-12-22-33)39-28(2)26-32-20-14-24-35(37(32)39)30-17-9-5-10-18-30;2*1-3-4-2;/h4-26H,1-3H3;2*1,3-4H2,2H3;/q-2;2*-1;+4. The average molecular weight is 821 g/mol. The van der Waals surface area contributed by atoms with Crippen LogP contribution in [0.4, 0.5) is 0 Å². The number of hydrogen-bond acceptors (Lipinski definition) is 0. The van der Waals surface area contributed by atoms with Gasteiger partial charge in [0, 0.05) is 8.07 Å². The zero-order chi connectivity index (χ0) is 34.1. The van der Waals surface area contributed by atoms with Gasteiger partial charge in [0.1, 0.15) is 0 Å². The van der Waals surface area contributed by atoms with Crippen LogP contribution in [0, 0.1) is 27.7 Å². The minimum atomic E-state index is -2.52. The van der Waals surface area contributed by atoms with Gasteiger partial charge in [-0.15, -0.1) is 69.1 Å².